The lowest BCUT2D eigenvalue weighted by Crippen LogP contribution is -2.11. The van der Waals surface area contributed by atoms with E-state index in [4.69, 9.17) is 13.7 Å². The number of para-hydroxylation sites is 4. The Morgan fingerprint density at radius 2 is 0.762 bits per heavy atom. The number of rotatable bonds is 4. The number of hydrogen-bond acceptors (Lipinski definition) is 2. The average molecular weight is 1370 g/mol. The van der Waals surface area contributed by atoms with Gasteiger partial charge < -0.3 is 9.13 Å². The minimum atomic E-state index is -0.364. The fourth-order valence-corrected chi connectivity index (χ4v) is 15.6. The lowest BCUT2D eigenvalue weighted by atomic mass is 9.83. The van der Waals surface area contributed by atoms with Crippen LogP contribution >= 0.6 is 22.7 Å². The zero-order chi connectivity index (χ0) is 80.9. The molecule has 0 spiro atoms. The van der Waals surface area contributed by atoms with Crippen LogP contribution in [0.25, 0.3) is 118 Å². The molecule has 0 aliphatic heterocycles. The molecule has 514 valence electrons. The van der Waals surface area contributed by atoms with E-state index in [1.807, 2.05) is 51.1 Å². The molecule has 12 aromatic carbocycles. The maximum atomic E-state index is 8.60. The molecule has 0 bridgehead atoms. The van der Waals surface area contributed by atoms with E-state index in [0.717, 1.165) is 37.0 Å². The molecule has 0 unspecified atom stereocenters. The van der Waals surface area contributed by atoms with Gasteiger partial charge in [0, 0.05) is 74.6 Å². The van der Waals surface area contributed by atoms with Crippen molar-refractivity contribution in [2.45, 2.75) is 153 Å². The average Bonchev–Trinajstić information content (AvgIpc) is 1.65. The van der Waals surface area contributed by atoms with Crippen LogP contribution in [0, 0.1) is 18.7 Å². The predicted octanol–water partition coefficient (Wildman–Crippen LogP) is 29.8. The summed E-state index contributed by atoms with van der Waals surface area (Å²) in [5, 5.41) is 9.65. The Hall–Kier alpha value is -9.32. The normalized spacial score (nSPS) is 13.4. The smallest absolute Gasteiger partial charge is 0.0632 e. The topological polar surface area (TPSA) is 9.86 Å². The van der Waals surface area contributed by atoms with Gasteiger partial charge in [0.2, 0.25) is 0 Å². The maximum Gasteiger partial charge on any atom is 0.0632 e. The molecular weight excluding hydrogens is 1260 g/mol. The zero-order valence-corrected chi connectivity index (χ0v) is 64.2. The largest absolute Gasteiger partial charge is 0.309 e. The Morgan fingerprint density at radius 3 is 1.28 bits per heavy atom. The van der Waals surface area contributed by atoms with Crippen molar-refractivity contribution in [1.29, 1.82) is 0 Å². The van der Waals surface area contributed by atoms with Crippen LogP contribution in [0.15, 0.2) is 273 Å². The molecular formula is C97H104N2S2. The minimum absolute atomic E-state index is 0.0166. The molecule has 4 heterocycles. The number of fused-ring (bicyclic) bond motifs is 12. The molecule has 0 fully saturated rings. The summed E-state index contributed by atoms with van der Waals surface area (Å²) in [5.74, 6) is 0.583. The van der Waals surface area contributed by atoms with E-state index in [0.29, 0.717) is 16.7 Å². The van der Waals surface area contributed by atoms with Gasteiger partial charge in [-0.05, 0) is 146 Å². The van der Waals surface area contributed by atoms with Gasteiger partial charge in [-0.2, -0.15) is 0 Å². The van der Waals surface area contributed by atoms with Crippen molar-refractivity contribution in [3.63, 3.8) is 0 Å². The molecule has 0 radical (unpaired) electrons. The summed E-state index contributed by atoms with van der Waals surface area (Å²) in [6.07, 6.45) is 0. The molecule has 0 saturated heterocycles. The third-order valence-electron chi connectivity index (χ3n) is 17.6. The van der Waals surface area contributed by atoms with Crippen molar-refractivity contribution < 1.29 is 13.7 Å². The summed E-state index contributed by atoms with van der Waals surface area (Å²) >= 11 is 3.35. The van der Waals surface area contributed by atoms with Crippen LogP contribution in [0.5, 0.6) is 0 Å². The number of aromatic nitrogens is 2. The fourth-order valence-electron chi connectivity index (χ4n) is 12.9. The molecule has 4 aromatic heterocycles. The van der Waals surface area contributed by atoms with E-state index in [1.165, 1.54) is 92.0 Å². The number of benzene rings is 12. The van der Waals surface area contributed by atoms with Gasteiger partial charge in [0.25, 0.3) is 0 Å². The standard InChI is InChI=1S/C23H22S.2C22H21N.C22H20S.2C4H10/c1-15-8-5-9-16(14-15)17-10-6-12-19-21(17)22-18(23(2,3)4)11-7-13-20(22)24-19;1-22(2,3)16-9-8-10-17(15-16)23-20-13-6-4-11-18(20)19-12-5-7-14-21(19)23;1-22(2,3)16-12-14-17(15-13-16)23-20-10-6-4-8-18(20)19-9-5-7-11-21(19)23;1-22(2,3)19-14-8-13-18-17-12-7-11-16(20(17)23-21(18)19)15-9-5-4-6-10-15;2*1-4(2)3/h5-14H,1-4H3;2*4-15H,1-3H3;4-14H,1-3H3;2*4H,1-3H3/i5D,8D,9D,14D;;;4D,5D,6D,9D,10D;4D;. The van der Waals surface area contributed by atoms with Crippen LogP contribution < -0.4 is 0 Å². The number of hydrogen-bond donors (Lipinski definition) is 0. The fraction of sp³-hybridized carbons (Fsp3) is 0.258. The van der Waals surface area contributed by atoms with Crippen molar-refractivity contribution in [3.8, 4) is 33.6 Å². The lowest BCUT2D eigenvalue weighted by molar-refractivity contribution is 0.590. The van der Waals surface area contributed by atoms with Crippen molar-refractivity contribution >= 4 is 107 Å². The van der Waals surface area contributed by atoms with Gasteiger partial charge >= 0.3 is 0 Å². The first-order valence-electron chi connectivity index (χ1n) is 40.3. The summed E-state index contributed by atoms with van der Waals surface area (Å²) in [6, 6.07) is 75.6. The van der Waals surface area contributed by atoms with Crippen LogP contribution in [0.4, 0.5) is 0 Å². The Balaban J connectivity index is 0.000000142. The van der Waals surface area contributed by atoms with Crippen LogP contribution in [0.2, 0.25) is 0 Å². The second-order valence-electron chi connectivity index (χ2n) is 31.5. The molecule has 0 saturated carbocycles. The highest BCUT2D eigenvalue weighted by Gasteiger charge is 2.24. The first-order valence-corrected chi connectivity index (χ1v) is 37.0. The summed E-state index contributed by atoms with van der Waals surface area (Å²) in [4.78, 5) is 0. The first kappa shape index (κ1) is 60.4. The van der Waals surface area contributed by atoms with Crippen LogP contribution in [-0.2, 0) is 21.7 Å². The summed E-state index contributed by atoms with van der Waals surface area (Å²) in [6.45, 7) is 40.4. The third kappa shape index (κ3) is 16.4. The predicted molar refractivity (Wildman–Crippen MR) is 452 cm³/mol. The summed E-state index contributed by atoms with van der Waals surface area (Å²) < 4.78 is 90.0. The quantitative estimate of drug-likeness (QED) is 0.166. The minimum Gasteiger partial charge on any atom is -0.309 e. The second-order valence-corrected chi connectivity index (χ2v) is 33.6. The highest BCUT2D eigenvalue weighted by Crippen LogP contribution is 2.46. The zero-order valence-electron chi connectivity index (χ0n) is 72.6. The van der Waals surface area contributed by atoms with Crippen molar-refractivity contribution in [2.24, 2.45) is 11.8 Å². The third-order valence-corrected chi connectivity index (χ3v) is 20.0. The molecule has 16 aromatic rings. The van der Waals surface area contributed by atoms with Gasteiger partial charge in [-0.1, -0.05) is 342 Å². The lowest BCUT2D eigenvalue weighted by Gasteiger charge is -2.21. The van der Waals surface area contributed by atoms with Gasteiger partial charge in [0.1, 0.15) is 0 Å². The van der Waals surface area contributed by atoms with E-state index in [9.17, 15) is 0 Å². The molecule has 0 aliphatic rings. The molecule has 0 amide bonds. The SMILES string of the molecule is CC(C)(C)c1ccc(-n2c3ccccc3c3ccccc32)cc1.CC(C)(C)c1cccc(-n2c3ccccc3c3ccccc32)c1.CC(C)C.[2H]C(C)(C)C.[2H]c1c([2H])c(C)c([2H])c(-c2cccc3sc4cccc(C(C)(C)C)c4c23)c1[2H].[2H]c1c([2H])c([2H])c(-c2cccc3c2sc2c(C(C)(C)C)cccc23)c([2H])c1[2H]. The van der Waals surface area contributed by atoms with Gasteiger partial charge in [-0.25, -0.2) is 0 Å². The van der Waals surface area contributed by atoms with Gasteiger partial charge in [-0.15, -0.1) is 22.7 Å². The Kier molecular flexibility index (Phi) is 18.2. The van der Waals surface area contributed by atoms with E-state index in [1.54, 1.807) is 29.6 Å². The van der Waals surface area contributed by atoms with Gasteiger partial charge in [0.05, 0.1) is 34.4 Å². The molecule has 0 aliphatic carbocycles. The molecule has 4 heteroatoms. The Labute approximate surface area is 625 Å². The van der Waals surface area contributed by atoms with Crippen LogP contribution in [-0.4, -0.2) is 9.13 Å². The molecule has 16 rings (SSSR count). The summed E-state index contributed by atoms with van der Waals surface area (Å²) in [7, 11) is 0. The number of nitrogens with zero attached hydrogens (tertiary/aromatic N) is 2. The van der Waals surface area contributed by atoms with Crippen LogP contribution in [0.1, 0.15) is 166 Å². The van der Waals surface area contributed by atoms with Crippen molar-refractivity contribution in [1.82, 2.24) is 9.13 Å². The van der Waals surface area contributed by atoms with Gasteiger partial charge in [0.15, 0.2) is 0 Å². The van der Waals surface area contributed by atoms with Crippen molar-refractivity contribution in [3.05, 3.63) is 301 Å². The Bertz CT molecular complexity index is 5940. The van der Waals surface area contributed by atoms with E-state index in [-0.39, 0.29) is 87.5 Å². The molecule has 2 nitrogen and oxygen atoms in total. The maximum absolute atomic E-state index is 8.60. The van der Waals surface area contributed by atoms with E-state index >= 15 is 0 Å². The van der Waals surface area contributed by atoms with E-state index < -0.39 is 0 Å². The second kappa shape index (κ2) is 30.5. The molecule has 0 atom stereocenters. The monoisotopic (exact) mass is 1370 g/mol. The first-order chi connectivity index (χ1) is 52.1. The van der Waals surface area contributed by atoms with E-state index in [2.05, 4.69) is 301 Å². The van der Waals surface area contributed by atoms with Gasteiger partial charge in [-0.3, -0.25) is 0 Å². The van der Waals surface area contributed by atoms with Crippen LogP contribution in [0.3, 0.4) is 0 Å². The highest BCUT2D eigenvalue weighted by molar-refractivity contribution is 7.26. The highest BCUT2D eigenvalue weighted by atomic mass is 32.1. The number of thiophene rings is 2. The van der Waals surface area contributed by atoms with Crippen molar-refractivity contribution in [2.75, 3.05) is 0 Å². The molecule has 0 N–H and O–H groups in total. The Morgan fingerprint density at radius 1 is 0.347 bits per heavy atom. The molecule has 101 heavy (non-hydrogen) atoms. The summed E-state index contributed by atoms with van der Waals surface area (Å²) in [5.41, 5.74) is 15.6.